The summed E-state index contributed by atoms with van der Waals surface area (Å²) in [5.74, 6) is 2.51. The van der Waals surface area contributed by atoms with Crippen molar-refractivity contribution in [2.45, 2.75) is 144 Å². The minimum atomic E-state index is -0.878. The Morgan fingerprint density at radius 2 is 1.67 bits per heavy atom. The lowest BCUT2D eigenvalue weighted by atomic mass is 9.32. The van der Waals surface area contributed by atoms with E-state index in [-0.39, 0.29) is 52.0 Å². The molecule has 5 aliphatic rings. The quantitative estimate of drug-likeness (QED) is 0.234. The number of tetrazole rings is 1. The van der Waals surface area contributed by atoms with Gasteiger partial charge in [-0.1, -0.05) is 65.8 Å². The molecule has 1 aromatic rings. The number of esters is 1. The molecular weight excluding hydrogens is 564 g/mol. The van der Waals surface area contributed by atoms with Crippen LogP contribution in [-0.4, -0.2) is 43.8 Å². The van der Waals surface area contributed by atoms with Crippen molar-refractivity contribution >= 4 is 11.9 Å². The fourth-order valence-corrected chi connectivity index (χ4v) is 13.2. The van der Waals surface area contributed by atoms with Crippen LogP contribution in [0.3, 0.4) is 0 Å². The summed E-state index contributed by atoms with van der Waals surface area (Å²) in [6.07, 6.45) is 11.4. The van der Waals surface area contributed by atoms with Gasteiger partial charge in [-0.15, -0.1) is 10.2 Å². The highest BCUT2D eigenvalue weighted by Crippen LogP contribution is 2.77. The SMILES string of the molecule is C=C(C)C1CC[C@]2(c3nn[nH]n3)CC[C@]3(C)[C@H](CCC4[C@@]5(C)CC[C@H](OC(=O)CC(C)(C)CC(=O)O)C(C)(C)C5CC[C@]43C)C12. The van der Waals surface area contributed by atoms with Gasteiger partial charge >= 0.3 is 11.9 Å². The highest BCUT2D eigenvalue weighted by Gasteiger charge is 2.71. The zero-order chi connectivity index (χ0) is 32.8. The van der Waals surface area contributed by atoms with E-state index in [9.17, 15) is 14.7 Å². The van der Waals surface area contributed by atoms with Gasteiger partial charge in [0.05, 0.1) is 12.8 Å². The molecule has 0 bridgehead atoms. The van der Waals surface area contributed by atoms with Gasteiger partial charge in [0.2, 0.25) is 0 Å². The normalized spacial score (nSPS) is 43.7. The molecule has 0 aliphatic heterocycles. The van der Waals surface area contributed by atoms with Crippen LogP contribution in [0, 0.1) is 56.7 Å². The number of ether oxygens (including phenoxy) is 1. The molecule has 0 radical (unpaired) electrons. The van der Waals surface area contributed by atoms with Gasteiger partial charge in [-0.3, -0.25) is 9.59 Å². The third kappa shape index (κ3) is 4.76. The van der Waals surface area contributed by atoms with Crippen LogP contribution in [0.5, 0.6) is 0 Å². The molecule has 45 heavy (non-hydrogen) atoms. The van der Waals surface area contributed by atoms with Crippen LogP contribution in [0.4, 0.5) is 0 Å². The molecule has 0 saturated heterocycles. The van der Waals surface area contributed by atoms with E-state index in [0.717, 1.165) is 37.9 Å². The summed E-state index contributed by atoms with van der Waals surface area (Å²) >= 11 is 0. The van der Waals surface area contributed by atoms with E-state index in [2.05, 4.69) is 68.7 Å². The molecule has 8 heteroatoms. The summed E-state index contributed by atoms with van der Waals surface area (Å²) in [5.41, 5.74) is 1.18. The number of allylic oxidation sites excluding steroid dienone is 1. The Morgan fingerprint density at radius 1 is 0.933 bits per heavy atom. The summed E-state index contributed by atoms with van der Waals surface area (Å²) in [4.78, 5) is 24.5. The molecule has 1 heterocycles. The Balaban J connectivity index is 1.26. The topological polar surface area (TPSA) is 118 Å². The number of aromatic amines is 1. The van der Waals surface area contributed by atoms with E-state index < -0.39 is 11.4 Å². The monoisotopic (exact) mass is 622 g/mol. The molecule has 0 amide bonds. The van der Waals surface area contributed by atoms with Crippen molar-refractivity contribution in [2.75, 3.05) is 0 Å². The smallest absolute Gasteiger partial charge is 0.306 e. The summed E-state index contributed by atoms with van der Waals surface area (Å²) in [7, 11) is 0. The standard InChI is InChI=1S/C37H58N4O4/c1-22(2)23-12-17-37(31-38-40-41-39-31)19-18-35(8)24(30(23)37)10-11-26-34(7)15-14-27(33(5,6)25(34)13-16-36(26,35)9)45-29(44)21-32(3,4)20-28(42)43/h23-27,30H,1,10-21H2,2-9H3,(H,42,43)(H,38,39,40,41)/t23?,24-,25?,26?,27+,30?,34+,35-,36-,37+/m1/s1. The molecule has 5 fully saturated rings. The molecule has 8 nitrogen and oxygen atoms in total. The van der Waals surface area contributed by atoms with Crippen LogP contribution in [0.15, 0.2) is 12.2 Å². The van der Waals surface area contributed by atoms with E-state index in [0.29, 0.717) is 29.6 Å². The lowest BCUT2D eigenvalue weighted by molar-refractivity contribution is -0.246. The average molecular weight is 623 g/mol. The first-order chi connectivity index (χ1) is 20.9. The van der Waals surface area contributed by atoms with Crippen molar-refractivity contribution in [2.24, 2.45) is 56.7 Å². The fourth-order valence-electron chi connectivity index (χ4n) is 13.2. The average Bonchev–Trinajstić information content (AvgIpc) is 3.59. The molecule has 10 atom stereocenters. The number of aliphatic carboxylic acids is 1. The number of carboxylic acids is 1. The van der Waals surface area contributed by atoms with Crippen LogP contribution in [0.25, 0.3) is 0 Å². The second kappa shape index (κ2) is 10.6. The maximum atomic E-state index is 13.2. The number of carboxylic acid groups (broad SMARTS) is 1. The summed E-state index contributed by atoms with van der Waals surface area (Å²) in [6, 6.07) is 0. The first kappa shape index (κ1) is 32.7. The molecule has 5 aliphatic carbocycles. The number of hydrogen-bond donors (Lipinski definition) is 2. The molecule has 0 aromatic carbocycles. The zero-order valence-corrected chi connectivity index (χ0v) is 29.2. The van der Waals surface area contributed by atoms with Gasteiger partial charge in [0, 0.05) is 10.8 Å². The number of fused-ring (bicyclic) bond motifs is 7. The van der Waals surface area contributed by atoms with Gasteiger partial charge in [-0.25, -0.2) is 0 Å². The molecule has 0 spiro atoms. The van der Waals surface area contributed by atoms with Gasteiger partial charge in [-0.2, -0.15) is 5.21 Å². The molecule has 2 N–H and O–H groups in total. The maximum absolute atomic E-state index is 13.2. The Labute approximate surface area is 270 Å². The van der Waals surface area contributed by atoms with E-state index >= 15 is 0 Å². The molecule has 4 unspecified atom stereocenters. The number of hydrogen-bond acceptors (Lipinski definition) is 6. The van der Waals surface area contributed by atoms with Gasteiger partial charge < -0.3 is 9.84 Å². The predicted octanol–water partition coefficient (Wildman–Crippen LogP) is 7.91. The van der Waals surface area contributed by atoms with Crippen LogP contribution in [-0.2, 0) is 19.7 Å². The van der Waals surface area contributed by atoms with Gasteiger partial charge in [-0.05, 0) is 122 Å². The van der Waals surface area contributed by atoms with Gasteiger partial charge in [0.25, 0.3) is 0 Å². The first-order valence-electron chi connectivity index (χ1n) is 17.7. The largest absolute Gasteiger partial charge is 0.481 e. The van der Waals surface area contributed by atoms with E-state index in [1.165, 1.54) is 37.7 Å². The second-order valence-corrected chi connectivity index (χ2v) is 18.3. The minimum Gasteiger partial charge on any atom is -0.481 e. The Morgan fingerprint density at radius 3 is 2.31 bits per heavy atom. The molecular formula is C37H58N4O4. The minimum absolute atomic E-state index is 0.00590. The first-order valence-corrected chi connectivity index (χ1v) is 17.7. The van der Waals surface area contributed by atoms with Crippen molar-refractivity contribution in [3.8, 4) is 0 Å². The van der Waals surface area contributed by atoms with Crippen LogP contribution in [0.1, 0.15) is 138 Å². The predicted molar refractivity (Wildman–Crippen MR) is 173 cm³/mol. The lowest BCUT2D eigenvalue weighted by Crippen LogP contribution is -2.67. The molecule has 6 rings (SSSR count). The third-order valence-corrected chi connectivity index (χ3v) is 15.3. The molecule has 1 aromatic heterocycles. The molecule has 5 saturated carbocycles. The summed E-state index contributed by atoms with van der Waals surface area (Å²) in [5, 5.41) is 25.4. The third-order valence-electron chi connectivity index (χ3n) is 15.3. The van der Waals surface area contributed by atoms with Crippen LogP contribution in [0.2, 0.25) is 0 Å². The zero-order valence-electron chi connectivity index (χ0n) is 29.2. The Hall–Kier alpha value is -2.25. The van der Waals surface area contributed by atoms with Crippen molar-refractivity contribution in [3.63, 3.8) is 0 Å². The van der Waals surface area contributed by atoms with Crippen molar-refractivity contribution < 1.29 is 19.4 Å². The number of rotatable bonds is 7. The van der Waals surface area contributed by atoms with Crippen LogP contribution >= 0.6 is 0 Å². The van der Waals surface area contributed by atoms with Gasteiger partial charge in [0.15, 0.2) is 5.82 Å². The number of nitrogens with one attached hydrogen (secondary N) is 1. The number of carbonyl (C=O) groups is 2. The van der Waals surface area contributed by atoms with E-state index in [1.807, 2.05) is 13.8 Å². The molecule has 250 valence electrons. The Kier molecular flexibility index (Phi) is 7.72. The summed E-state index contributed by atoms with van der Waals surface area (Å²) < 4.78 is 6.25. The number of H-pyrrole nitrogens is 1. The van der Waals surface area contributed by atoms with Crippen molar-refractivity contribution in [1.82, 2.24) is 20.6 Å². The fraction of sp³-hybridized carbons (Fsp3) is 0.865. The van der Waals surface area contributed by atoms with Crippen LogP contribution < -0.4 is 0 Å². The highest BCUT2D eigenvalue weighted by molar-refractivity contribution is 5.73. The second-order valence-electron chi connectivity index (χ2n) is 18.3. The van der Waals surface area contributed by atoms with E-state index in [1.54, 1.807) is 0 Å². The number of nitrogens with zero attached hydrogens (tertiary/aromatic N) is 3. The lowest BCUT2D eigenvalue weighted by Gasteiger charge is -2.72. The summed E-state index contributed by atoms with van der Waals surface area (Å²) in [6.45, 7) is 23.0. The van der Waals surface area contributed by atoms with Gasteiger partial charge in [0.1, 0.15) is 6.10 Å². The number of carbonyl (C=O) groups excluding carboxylic acids is 1. The van der Waals surface area contributed by atoms with Crippen molar-refractivity contribution in [1.29, 1.82) is 0 Å². The number of aromatic nitrogens is 4. The Bertz CT molecular complexity index is 1340. The van der Waals surface area contributed by atoms with E-state index in [4.69, 9.17) is 4.74 Å². The van der Waals surface area contributed by atoms with Crippen molar-refractivity contribution in [3.05, 3.63) is 18.0 Å². The maximum Gasteiger partial charge on any atom is 0.306 e. The highest BCUT2D eigenvalue weighted by atomic mass is 16.5.